The zero-order chi connectivity index (χ0) is 31.0. The monoisotopic (exact) mass is 652 g/mol. The van der Waals surface area contributed by atoms with E-state index in [4.69, 9.17) is 4.74 Å². The van der Waals surface area contributed by atoms with E-state index in [1.165, 1.54) is 35.1 Å². The fourth-order valence-corrected chi connectivity index (χ4v) is 6.11. The molecule has 0 bridgehead atoms. The van der Waals surface area contributed by atoms with Crippen LogP contribution in [0.3, 0.4) is 0 Å². The maximum atomic E-state index is 13.9. The minimum absolute atomic E-state index is 0. The van der Waals surface area contributed by atoms with Crippen molar-refractivity contribution in [2.24, 2.45) is 0 Å². The fraction of sp³-hybridized carbons (Fsp3) is 0.156. The Bertz CT molecular complexity index is 2210. The van der Waals surface area contributed by atoms with E-state index in [1.54, 1.807) is 6.07 Å². The van der Waals surface area contributed by atoms with Crippen LogP contribution in [0.1, 0.15) is 27.7 Å². The average molecular weight is 653 g/mol. The quantitative estimate of drug-likeness (QED) is 0.183. The van der Waals surface area contributed by atoms with Crippen molar-refractivity contribution >= 4 is 78.7 Å². The predicted octanol–water partition coefficient (Wildman–Crippen LogP) is 4.23. The van der Waals surface area contributed by atoms with Gasteiger partial charge in [-0.05, 0) is 47.4 Å². The van der Waals surface area contributed by atoms with Gasteiger partial charge in [0.15, 0.2) is 23.2 Å². The second kappa shape index (κ2) is 13.7. The molecule has 0 fully saturated rings. The average Bonchev–Trinajstić information content (AvgIpc) is 3.68. The van der Waals surface area contributed by atoms with E-state index in [-0.39, 0.29) is 69.2 Å². The summed E-state index contributed by atoms with van der Waals surface area (Å²) in [7, 11) is 1.29. The molecule has 1 N–H and O–H groups in total. The summed E-state index contributed by atoms with van der Waals surface area (Å²) in [5.74, 6) is -1.61. The molecule has 6 rings (SSSR count). The fourth-order valence-electron chi connectivity index (χ4n) is 5.03. The number of Topliss-reactive ketones (excluding diaryl/α,β-unsaturated/α-hetero) is 1. The first-order valence-electron chi connectivity index (χ1n) is 13.6. The standard InChI is InChI=1S/C32H25FN4O6S.K.H/c1-3-21-15-24-29(39)36(17-26(38)20-12-13-25(33)27(14-20)42-2)32(41)37(30(24)44-21)16-18-8-10-19(11-9-18)22-6-4-5-7-23(22)28-34-31(40)43-35-28;;/h4-15H,3,16-17H2,1-2H3,(H,34,35,40);;. The number of carbonyl (C=O) groups is 1. The van der Waals surface area contributed by atoms with Crippen LogP contribution in [0, 0.1) is 5.82 Å². The topological polar surface area (TPSA) is 129 Å². The number of hydrogen-bond donors (Lipinski definition) is 1. The Morgan fingerprint density at radius 3 is 2.40 bits per heavy atom. The molecule has 0 spiro atoms. The number of aryl methyl sites for hydroxylation is 1. The molecule has 45 heavy (non-hydrogen) atoms. The minimum atomic E-state index is -0.651. The van der Waals surface area contributed by atoms with E-state index in [0.717, 1.165) is 32.2 Å². The molecule has 3 aromatic carbocycles. The van der Waals surface area contributed by atoms with Gasteiger partial charge in [-0.3, -0.25) is 28.2 Å². The second-order valence-electron chi connectivity index (χ2n) is 10.0. The van der Waals surface area contributed by atoms with Crippen LogP contribution in [0.15, 0.2) is 91.7 Å². The van der Waals surface area contributed by atoms with Crippen molar-refractivity contribution in [1.29, 1.82) is 0 Å². The van der Waals surface area contributed by atoms with Gasteiger partial charge in [0.05, 0.1) is 25.6 Å². The van der Waals surface area contributed by atoms with Crippen LogP contribution in [0.5, 0.6) is 5.75 Å². The molecule has 10 nitrogen and oxygen atoms in total. The molecule has 0 saturated heterocycles. The first-order valence-corrected chi connectivity index (χ1v) is 14.5. The van der Waals surface area contributed by atoms with E-state index in [9.17, 15) is 23.6 Å². The van der Waals surface area contributed by atoms with Crippen LogP contribution in [0.2, 0.25) is 0 Å². The summed E-state index contributed by atoms with van der Waals surface area (Å²) in [4.78, 5) is 55.9. The third-order valence-corrected chi connectivity index (χ3v) is 8.60. The van der Waals surface area contributed by atoms with Crippen LogP contribution >= 0.6 is 11.3 Å². The summed E-state index contributed by atoms with van der Waals surface area (Å²) in [5.41, 5.74) is 2.07. The molecule has 13 heteroatoms. The van der Waals surface area contributed by atoms with Gasteiger partial charge >= 0.3 is 62.8 Å². The van der Waals surface area contributed by atoms with E-state index >= 15 is 0 Å². The number of aromatic amines is 1. The third kappa shape index (κ3) is 6.50. The first-order chi connectivity index (χ1) is 21.3. The number of methoxy groups -OCH3 is 1. The number of hydrogen-bond acceptors (Lipinski definition) is 8. The Morgan fingerprint density at radius 2 is 1.73 bits per heavy atom. The van der Waals surface area contributed by atoms with Crippen molar-refractivity contribution in [3.63, 3.8) is 0 Å². The van der Waals surface area contributed by atoms with Gasteiger partial charge in [-0.2, -0.15) is 0 Å². The Hall–Kier alpha value is -3.72. The van der Waals surface area contributed by atoms with E-state index in [0.29, 0.717) is 28.0 Å². The van der Waals surface area contributed by atoms with Crippen molar-refractivity contribution in [2.45, 2.75) is 26.4 Å². The van der Waals surface area contributed by atoms with Crippen LogP contribution in [-0.2, 0) is 19.5 Å². The number of rotatable bonds is 9. The first kappa shape index (κ1) is 32.7. The van der Waals surface area contributed by atoms with Crippen molar-refractivity contribution in [3.05, 3.63) is 126 Å². The molecule has 0 aliphatic rings. The Labute approximate surface area is 301 Å². The molecule has 0 unspecified atom stereocenters. The summed E-state index contributed by atoms with van der Waals surface area (Å²) in [5, 5.41) is 4.16. The van der Waals surface area contributed by atoms with E-state index < -0.39 is 35.2 Å². The Kier molecular flexibility index (Phi) is 9.96. The van der Waals surface area contributed by atoms with Gasteiger partial charge < -0.3 is 4.74 Å². The van der Waals surface area contributed by atoms with Crippen LogP contribution < -0.4 is 21.7 Å². The number of benzene rings is 3. The molecular formula is C32H26FKN4O6S. The number of carbonyl (C=O) groups excluding carboxylic acids is 1. The number of H-pyrrole nitrogens is 1. The van der Waals surface area contributed by atoms with Gasteiger partial charge in [-0.15, -0.1) is 11.3 Å². The molecule has 0 aliphatic heterocycles. The summed E-state index contributed by atoms with van der Waals surface area (Å²) in [6.45, 7) is 1.60. The summed E-state index contributed by atoms with van der Waals surface area (Å²) in [6.07, 6.45) is 0.673. The van der Waals surface area contributed by atoms with Crippen LogP contribution in [-0.4, -0.2) is 83.6 Å². The molecule has 0 saturated carbocycles. The molecule has 6 aromatic rings. The van der Waals surface area contributed by atoms with Gasteiger partial charge in [-0.1, -0.05) is 60.6 Å². The number of ether oxygens (including phenoxy) is 1. The maximum absolute atomic E-state index is 13.9. The van der Waals surface area contributed by atoms with Crippen molar-refractivity contribution < 1.29 is 18.4 Å². The number of halogens is 1. The Morgan fingerprint density at radius 1 is 1.00 bits per heavy atom. The van der Waals surface area contributed by atoms with Crippen LogP contribution in [0.4, 0.5) is 4.39 Å². The number of nitrogens with zero attached hydrogens (tertiary/aromatic N) is 3. The SMILES string of the molecule is CCc1cc2c(=O)n(CC(=O)c3ccc(F)c(OC)c3)c(=O)n(Cc3ccc(-c4ccccc4-c4noc(=O)[nH]4)cc3)c2s1.[KH]. The molecule has 0 atom stereocenters. The number of thiophene rings is 1. The zero-order valence-corrected chi connectivity index (χ0v) is 24.4. The van der Waals surface area contributed by atoms with Gasteiger partial charge in [-0.25, -0.2) is 14.0 Å². The summed E-state index contributed by atoms with van der Waals surface area (Å²) < 4.78 is 26.0. The zero-order valence-electron chi connectivity index (χ0n) is 23.6. The van der Waals surface area contributed by atoms with E-state index in [2.05, 4.69) is 14.7 Å². The molecule has 0 amide bonds. The number of nitrogens with one attached hydrogen (secondary N) is 1. The molecular weight excluding hydrogens is 627 g/mol. The number of fused-ring (bicyclic) bond motifs is 1. The van der Waals surface area contributed by atoms with Crippen molar-refractivity contribution in [3.8, 4) is 28.3 Å². The number of ketones is 1. The second-order valence-corrected chi connectivity index (χ2v) is 11.1. The predicted molar refractivity (Wildman–Crippen MR) is 171 cm³/mol. The van der Waals surface area contributed by atoms with Crippen molar-refractivity contribution in [2.75, 3.05) is 7.11 Å². The van der Waals surface area contributed by atoms with Gasteiger partial charge in [0.2, 0.25) is 0 Å². The third-order valence-electron chi connectivity index (χ3n) is 7.30. The normalized spacial score (nSPS) is 11.0. The molecule has 224 valence electrons. The Balaban J connectivity index is 0.00000400. The molecule has 3 heterocycles. The molecule has 3 aromatic heterocycles. The molecule has 0 radical (unpaired) electrons. The van der Waals surface area contributed by atoms with Crippen molar-refractivity contribution in [1.82, 2.24) is 19.3 Å². The summed E-state index contributed by atoms with van der Waals surface area (Å²) in [6, 6.07) is 20.3. The van der Waals surface area contributed by atoms with Gasteiger partial charge in [0.1, 0.15) is 4.83 Å². The van der Waals surface area contributed by atoms with Gasteiger partial charge in [0, 0.05) is 16.0 Å². The van der Waals surface area contributed by atoms with E-state index in [1.807, 2.05) is 55.5 Å². The molecule has 0 aliphatic carbocycles. The van der Waals surface area contributed by atoms with Crippen LogP contribution in [0.25, 0.3) is 32.7 Å². The summed E-state index contributed by atoms with van der Waals surface area (Å²) >= 11 is 1.37. The number of aromatic nitrogens is 4. The van der Waals surface area contributed by atoms with Gasteiger partial charge in [0.25, 0.3) is 5.56 Å².